The second-order valence-corrected chi connectivity index (χ2v) is 2.62. The monoisotopic (exact) mass is 154 g/mol. The molecule has 0 aromatic heterocycles. The van der Waals surface area contributed by atoms with Crippen LogP contribution in [0.15, 0.2) is 24.3 Å². The van der Waals surface area contributed by atoms with E-state index < -0.39 is 0 Å². The number of unbranched alkanes of at least 4 members (excludes halogenated alkanes) is 1. The molecule has 0 unspecified atom stereocenters. The van der Waals surface area contributed by atoms with Crippen molar-refractivity contribution in [3.8, 4) is 0 Å². The fourth-order valence-electron chi connectivity index (χ4n) is 0.902. The van der Waals surface area contributed by atoms with E-state index >= 15 is 0 Å². The molecule has 1 atom stereocenters. The molecular formula is C10H18O. The lowest BCUT2D eigenvalue weighted by atomic mass is 10.1. The third-order valence-electron chi connectivity index (χ3n) is 1.68. The average Bonchev–Trinajstić information content (AvgIpc) is 2.05. The van der Waals surface area contributed by atoms with Gasteiger partial charge in [-0.2, -0.15) is 0 Å². The van der Waals surface area contributed by atoms with Gasteiger partial charge in [-0.25, -0.2) is 0 Å². The highest BCUT2D eigenvalue weighted by molar-refractivity contribution is 5.20. The van der Waals surface area contributed by atoms with E-state index in [0.717, 1.165) is 24.8 Å². The fourth-order valence-corrected chi connectivity index (χ4v) is 0.902. The second kappa shape index (κ2) is 6.17. The summed E-state index contributed by atoms with van der Waals surface area (Å²) >= 11 is 0. The largest absolute Gasteiger partial charge is 0.388 e. The van der Waals surface area contributed by atoms with Crippen LogP contribution in [0.4, 0.5) is 0 Å². The molecule has 0 amide bonds. The molecule has 11 heavy (non-hydrogen) atoms. The molecule has 0 rings (SSSR count). The van der Waals surface area contributed by atoms with Crippen molar-refractivity contribution in [2.24, 2.45) is 0 Å². The molecule has 0 fully saturated rings. The molecule has 0 saturated heterocycles. The molecule has 0 aromatic rings. The fraction of sp³-hybridized carbons (Fsp3) is 0.600. The third kappa shape index (κ3) is 3.99. The first-order valence-corrected chi connectivity index (χ1v) is 4.26. The summed E-state index contributed by atoms with van der Waals surface area (Å²) in [4.78, 5) is 0. The highest BCUT2D eigenvalue weighted by atomic mass is 16.3. The molecule has 0 aromatic carbocycles. The summed E-state index contributed by atoms with van der Waals surface area (Å²) in [5.41, 5.74) is 0.967. The average molecular weight is 154 g/mol. The molecule has 1 nitrogen and oxygen atoms in total. The van der Waals surface area contributed by atoms with Crippen molar-refractivity contribution in [2.45, 2.75) is 39.2 Å². The van der Waals surface area contributed by atoms with E-state index in [0.29, 0.717) is 0 Å². The molecule has 64 valence electrons. The standard InChI is InChI=1S/C10H18O/c1-4-7-8-9(5-2)10(11)6-3/h5,8,10-11H,2,4,6-7H2,1,3H3/b9-8+/t10-/m1/s1. The van der Waals surface area contributed by atoms with Crippen molar-refractivity contribution in [1.82, 2.24) is 0 Å². The van der Waals surface area contributed by atoms with Gasteiger partial charge in [0, 0.05) is 0 Å². The van der Waals surface area contributed by atoms with Crippen LogP contribution in [0.3, 0.4) is 0 Å². The first-order valence-electron chi connectivity index (χ1n) is 4.26. The van der Waals surface area contributed by atoms with Crippen molar-refractivity contribution >= 4 is 0 Å². The van der Waals surface area contributed by atoms with Crippen LogP contribution in [-0.4, -0.2) is 11.2 Å². The Morgan fingerprint density at radius 3 is 2.55 bits per heavy atom. The first-order chi connectivity index (χ1) is 5.26. The molecular weight excluding hydrogens is 136 g/mol. The Balaban J connectivity index is 4.02. The van der Waals surface area contributed by atoms with Gasteiger partial charge in [0.25, 0.3) is 0 Å². The number of hydrogen-bond acceptors (Lipinski definition) is 1. The predicted octanol–water partition coefficient (Wildman–Crippen LogP) is 2.67. The van der Waals surface area contributed by atoms with E-state index in [9.17, 15) is 5.11 Å². The maximum absolute atomic E-state index is 9.40. The summed E-state index contributed by atoms with van der Waals surface area (Å²) in [5, 5.41) is 9.40. The summed E-state index contributed by atoms with van der Waals surface area (Å²) in [6.07, 6.45) is 6.39. The molecule has 1 N–H and O–H groups in total. The minimum atomic E-state index is -0.320. The van der Waals surface area contributed by atoms with E-state index in [1.807, 2.05) is 6.92 Å². The van der Waals surface area contributed by atoms with Crippen LogP contribution in [0.25, 0.3) is 0 Å². The van der Waals surface area contributed by atoms with E-state index in [4.69, 9.17) is 0 Å². The van der Waals surface area contributed by atoms with Crippen LogP contribution in [0.2, 0.25) is 0 Å². The summed E-state index contributed by atoms with van der Waals surface area (Å²) in [5.74, 6) is 0. The maximum Gasteiger partial charge on any atom is 0.0784 e. The second-order valence-electron chi connectivity index (χ2n) is 2.62. The Morgan fingerprint density at radius 2 is 2.18 bits per heavy atom. The van der Waals surface area contributed by atoms with Crippen LogP contribution < -0.4 is 0 Å². The van der Waals surface area contributed by atoms with Crippen molar-refractivity contribution in [2.75, 3.05) is 0 Å². The van der Waals surface area contributed by atoms with Crippen LogP contribution in [0.1, 0.15) is 33.1 Å². The van der Waals surface area contributed by atoms with Gasteiger partial charge in [0.1, 0.15) is 0 Å². The Kier molecular flexibility index (Phi) is 5.86. The number of aliphatic hydroxyl groups excluding tert-OH is 1. The van der Waals surface area contributed by atoms with Crippen molar-refractivity contribution in [3.63, 3.8) is 0 Å². The Labute approximate surface area is 69.4 Å². The van der Waals surface area contributed by atoms with Gasteiger partial charge in [0.2, 0.25) is 0 Å². The summed E-state index contributed by atoms with van der Waals surface area (Å²) < 4.78 is 0. The Morgan fingerprint density at radius 1 is 1.55 bits per heavy atom. The zero-order valence-corrected chi connectivity index (χ0v) is 7.51. The van der Waals surface area contributed by atoms with E-state index in [-0.39, 0.29) is 6.10 Å². The Hall–Kier alpha value is -0.560. The van der Waals surface area contributed by atoms with Crippen molar-refractivity contribution in [3.05, 3.63) is 24.3 Å². The predicted molar refractivity (Wildman–Crippen MR) is 49.5 cm³/mol. The minimum absolute atomic E-state index is 0.320. The van der Waals surface area contributed by atoms with E-state index in [1.165, 1.54) is 0 Å². The van der Waals surface area contributed by atoms with Crippen LogP contribution in [0, 0.1) is 0 Å². The molecule has 0 spiro atoms. The van der Waals surface area contributed by atoms with Crippen LogP contribution in [-0.2, 0) is 0 Å². The van der Waals surface area contributed by atoms with Gasteiger partial charge < -0.3 is 5.11 Å². The van der Waals surface area contributed by atoms with Crippen molar-refractivity contribution in [1.29, 1.82) is 0 Å². The molecule has 0 aliphatic heterocycles. The van der Waals surface area contributed by atoms with Gasteiger partial charge in [-0.05, 0) is 18.4 Å². The molecule has 0 heterocycles. The van der Waals surface area contributed by atoms with Gasteiger partial charge in [-0.1, -0.05) is 39.0 Å². The molecule has 0 bridgehead atoms. The molecule has 1 heteroatoms. The summed E-state index contributed by atoms with van der Waals surface area (Å²) in [6, 6.07) is 0. The quantitative estimate of drug-likeness (QED) is 0.604. The lowest BCUT2D eigenvalue weighted by molar-refractivity contribution is 0.210. The van der Waals surface area contributed by atoms with Crippen molar-refractivity contribution < 1.29 is 5.11 Å². The smallest absolute Gasteiger partial charge is 0.0784 e. The molecule has 0 saturated carbocycles. The SMILES string of the molecule is C=C/C(=C\CCC)[C@H](O)CC. The molecule has 0 aliphatic rings. The normalized spacial score (nSPS) is 14.6. The maximum atomic E-state index is 9.40. The van der Waals surface area contributed by atoms with E-state index in [2.05, 4.69) is 19.6 Å². The number of rotatable bonds is 5. The van der Waals surface area contributed by atoms with Gasteiger partial charge in [0.05, 0.1) is 6.10 Å². The number of aliphatic hydroxyl groups is 1. The molecule has 0 aliphatic carbocycles. The van der Waals surface area contributed by atoms with Crippen LogP contribution in [0.5, 0.6) is 0 Å². The zero-order chi connectivity index (χ0) is 8.69. The topological polar surface area (TPSA) is 20.2 Å². The zero-order valence-electron chi connectivity index (χ0n) is 7.51. The van der Waals surface area contributed by atoms with Gasteiger partial charge in [-0.15, -0.1) is 0 Å². The van der Waals surface area contributed by atoms with E-state index in [1.54, 1.807) is 6.08 Å². The lowest BCUT2D eigenvalue weighted by Gasteiger charge is -2.07. The minimum Gasteiger partial charge on any atom is -0.388 e. The third-order valence-corrected chi connectivity index (χ3v) is 1.68. The highest BCUT2D eigenvalue weighted by Gasteiger charge is 2.02. The van der Waals surface area contributed by atoms with Gasteiger partial charge >= 0.3 is 0 Å². The Bertz CT molecular complexity index is 136. The highest BCUT2D eigenvalue weighted by Crippen LogP contribution is 2.08. The van der Waals surface area contributed by atoms with Gasteiger partial charge in [0.15, 0.2) is 0 Å². The first kappa shape index (κ1) is 10.4. The summed E-state index contributed by atoms with van der Waals surface area (Å²) in [7, 11) is 0. The van der Waals surface area contributed by atoms with Gasteiger partial charge in [-0.3, -0.25) is 0 Å². The molecule has 0 radical (unpaired) electrons. The lowest BCUT2D eigenvalue weighted by Crippen LogP contribution is -2.06. The number of allylic oxidation sites excluding steroid dienone is 1. The summed E-state index contributed by atoms with van der Waals surface area (Å²) in [6.45, 7) is 7.74. The van der Waals surface area contributed by atoms with Crippen LogP contribution >= 0.6 is 0 Å². The number of hydrogen-bond donors (Lipinski definition) is 1.